The Balaban J connectivity index is 1.86. The highest BCUT2D eigenvalue weighted by atomic mass is 35.5. The minimum atomic E-state index is -0.641. The van der Waals surface area contributed by atoms with Crippen molar-refractivity contribution >= 4 is 23.3 Å². The summed E-state index contributed by atoms with van der Waals surface area (Å²) in [7, 11) is 3.18. The van der Waals surface area contributed by atoms with E-state index in [9.17, 15) is 9.18 Å². The van der Waals surface area contributed by atoms with Gasteiger partial charge in [0.1, 0.15) is 11.5 Å². The van der Waals surface area contributed by atoms with Crippen LogP contribution in [0.25, 0.3) is 0 Å². The molecule has 2 aromatic rings. The number of amides is 2. The summed E-state index contributed by atoms with van der Waals surface area (Å²) in [5, 5.41) is 2.58. The van der Waals surface area contributed by atoms with Crippen molar-refractivity contribution in [2.45, 2.75) is 18.9 Å². The molecular formula is C19H20ClFN2O3. The minimum absolute atomic E-state index is 0.0322. The normalized spacial score (nSPS) is 16.5. The number of rotatable bonds is 4. The van der Waals surface area contributed by atoms with Gasteiger partial charge in [-0.05, 0) is 43.2 Å². The number of ether oxygens (including phenoxy) is 2. The van der Waals surface area contributed by atoms with Crippen LogP contribution in [0.5, 0.6) is 11.5 Å². The molecule has 2 amide bonds. The highest BCUT2D eigenvalue weighted by Gasteiger charge is 2.32. The van der Waals surface area contributed by atoms with E-state index in [4.69, 9.17) is 21.1 Å². The zero-order valence-corrected chi connectivity index (χ0v) is 15.3. The zero-order chi connectivity index (χ0) is 18.7. The van der Waals surface area contributed by atoms with Gasteiger partial charge in [-0.1, -0.05) is 17.7 Å². The third-order valence-electron chi connectivity index (χ3n) is 4.50. The quantitative estimate of drug-likeness (QED) is 0.826. The molecule has 1 fully saturated rings. The van der Waals surface area contributed by atoms with Crippen molar-refractivity contribution in [3.05, 3.63) is 52.8 Å². The van der Waals surface area contributed by atoms with Crippen molar-refractivity contribution in [1.29, 1.82) is 0 Å². The van der Waals surface area contributed by atoms with Gasteiger partial charge < -0.3 is 19.7 Å². The summed E-state index contributed by atoms with van der Waals surface area (Å²) in [6.45, 7) is 0.569. The van der Waals surface area contributed by atoms with E-state index in [2.05, 4.69) is 5.32 Å². The summed E-state index contributed by atoms with van der Waals surface area (Å²) in [6, 6.07) is 9.45. The van der Waals surface area contributed by atoms with Crippen LogP contribution in [0.1, 0.15) is 24.4 Å². The standard InChI is InChI=1S/C19H20ClFN2O3/c1-25-12-8-9-17(26-2)13(11-12)16-7-4-10-23(16)19(24)22-15-6-3-5-14(20)18(15)21/h3,5-6,8-9,11,16H,4,7,10H2,1-2H3,(H,22,24). The SMILES string of the molecule is COc1ccc(OC)c(C2CCCN2C(=O)Nc2cccc(Cl)c2F)c1. The fourth-order valence-electron chi connectivity index (χ4n) is 3.22. The van der Waals surface area contributed by atoms with Crippen molar-refractivity contribution < 1.29 is 18.7 Å². The van der Waals surface area contributed by atoms with Crippen molar-refractivity contribution in [1.82, 2.24) is 4.90 Å². The molecule has 0 aliphatic carbocycles. The monoisotopic (exact) mass is 378 g/mol. The van der Waals surface area contributed by atoms with Crippen LogP contribution in [0.3, 0.4) is 0 Å². The van der Waals surface area contributed by atoms with E-state index in [0.717, 1.165) is 18.4 Å². The molecule has 0 radical (unpaired) electrons. The van der Waals surface area contributed by atoms with E-state index in [0.29, 0.717) is 18.0 Å². The predicted octanol–water partition coefficient (Wildman–Crippen LogP) is 4.87. The molecule has 7 heteroatoms. The molecule has 3 rings (SSSR count). The molecule has 1 aliphatic rings. The van der Waals surface area contributed by atoms with Gasteiger partial charge in [-0.25, -0.2) is 9.18 Å². The van der Waals surface area contributed by atoms with E-state index in [-0.39, 0.29) is 22.8 Å². The molecule has 0 bridgehead atoms. The molecule has 1 heterocycles. The maximum Gasteiger partial charge on any atom is 0.322 e. The highest BCUT2D eigenvalue weighted by Crippen LogP contribution is 2.39. The molecule has 2 aromatic carbocycles. The number of anilines is 1. The Bertz CT molecular complexity index is 815. The second-order valence-electron chi connectivity index (χ2n) is 5.99. The van der Waals surface area contributed by atoms with Gasteiger partial charge in [-0.3, -0.25) is 0 Å². The molecule has 1 unspecified atom stereocenters. The van der Waals surface area contributed by atoms with Crippen LogP contribution < -0.4 is 14.8 Å². The molecule has 1 atom stereocenters. The minimum Gasteiger partial charge on any atom is -0.497 e. The smallest absolute Gasteiger partial charge is 0.322 e. The molecular weight excluding hydrogens is 359 g/mol. The second-order valence-corrected chi connectivity index (χ2v) is 6.40. The van der Waals surface area contributed by atoms with Gasteiger partial charge in [-0.2, -0.15) is 0 Å². The third-order valence-corrected chi connectivity index (χ3v) is 4.79. The molecule has 1 N–H and O–H groups in total. The van der Waals surface area contributed by atoms with Gasteiger partial charge in [0.15, 0.2) is 5.82 Å². The number of urea groups is 1. The lowest BCUT2D eigenvalue weighted by atomic mass is 10.0. The number of carbonyl (C=O) groups is 1. The largest absolute Gasteiger partial charge is 0.497 e. The van der Waals surface area contributed by atoms with Crippen molar-refractivity contribution in [2.75, 3.05) is 26.1 Å². The molecule has 1 aliphatic heterocycles. The summed E-state index contributed by atoms with van der Waals surface area (Å²) in [4.78, 5) is 14.4. The van der Waals surface area contributed by atoms with Crippen molar-refractivity contribution in [3.8, 4) is 11.5 Å². The summed E-state index contributed by atoms with van der Waals surface area (Å²) >= 11 is 5.78. The van der Waals surface area contributed by atoms with E-state index >= 15 is 0 Å². The average Bonchev–Trinajstić information content (AvgIpc) is 3.14. The first-order valence-electron chi connectivity index (χ1n) is 8.28. The van der Waals surface area contributed by atoms with Crippen LogP contribution in [0, 0.1) is 5.82 Å². The molecule has 0 aromatic heterocycles. The lowest BCUT2D eigenvalue weighted by Gasteiger charge is -2.27. The Morgan fingerprint density at radius 2 is 2.08 bits per heavy atom. The Hall–Kier alpha value is -2.47. The summed E-state index contributed by atoms with van der Waals surface area (Å²) < 4.78 is 24.8. The van der Waals surface area contributed by atoms with Gasteiger partial charge >= 0.3 is 6.03 Å². The van der Waals surface area contributed by atoms with Gasteiger partial charge in [0, 0.05) is 12.1 Å². The van der Waals surface area contributed by atoms with Crippen LogP contribution in [0.15, 0.2) is 36.4 Å². The van der Waals surface area contributed by atoms with E-state index in [1.54, 1.807) is 25.2 Å². The molecule has 0 saturated carbocycles. The molecule has 0 spiro atoms. The predicted molar refractivity (Wildman–Crippen MR) is 98.7 cm³/mol. The van der Waals surface area contributed by atoms with Crippen molar-refractivity contribution in [3.63, 3.8) is 0 Å². The van der Waals surface area contributed by atoms with Gasteiger partial charge in [0.05, 0.1) is 31.0 Å². The maximum atomic E-state index is 14.1. The lowest BCUT2D eigenvalue weighted by molar-refractivity contribution is 0.206. The fraction of sp³-hybridized carbons (Fsp3) is 0.316. The van der Waals surface area contributed by atoms with E-state index in [1.807, 2.05) is 18.2 Å². The first-order chi connectivity index (χ1) is 12.5. The van der Waals surface area contributed by atoms with Crippen molar-refractivity contribution in [2.24, 2.45) is 0 Å². The average molecular weight is 379 g/mol. The van der Waals surface area contributed by atoms with Crippen LogP contribution >= 0.6 is 11.6 Å². The third kappa shape index (κ3) is 3.55. The summed E-state index contributed by atoms with van der Waals surface area (Å²) in [6.07, 6.45) is 1.63. The number of nitrogens with zero attached hydrogens (tertiary/aromatic N) is 1. The number of hydrogen-bond donors (Lipinski definition) is 1. The van der Waals surface area contributed by atoms with E-state index < -0.39 is 5.82 Å². The summed E-state index contributed by atoms with van der Waals surface area (Å²) in [5.74, 6) is 0.732. The second kappa shape index (κ2) is 7.83. The van der Waals surface area contributed by atoms with E-state index in [1.165, 1.54) is 12.1 Å². The Morgan fingerprint density at radius 1 is 1.27 bits per heavy atom. The molecule has 26 heavy (non-hydrogen) atoms. The number of methoxy groups -OCH3 is 2. The Labute approximate surface area is 156 Å². The van der Waals surface area contributed by atoms with Gasteiger partial charge in [-0.15, -0.1) is 0 Å². The zero-order valence-electron chi connectivity index (χ0n) is 14.6. The number of likely N-dealkylation sites (tertiary alicyclic amines) is 1. The number of benzene rings is 2. The van der Waals surface area contributed by atoms with Gasteiger partial charge in [0.2, 0.25) is 0 Å². The fourth-order valence-corrected chi connectivity index (χ4v) is 3.39. The topological polar surface area (TPSA) is 50.8 Å². The first-order valence-corrected chi connectivity index (χ1v) is 8.66. The highest BCUT2D eigenvalue weighted by molar-refractivity contribution is 6.31. The molecule has 1 saturated heterocycles. The Kier molecular flexibility index (Phi) is 5.52. The lowest BCUT2D eigenvalue weighted by Crippen LogP contribution is -2.34. The number of nitrogens with one attached hydrogen (secondary N) is 1. The number of halogens is 2. The van der Waals surface area contributed by atoms with Crippen LogP contribution in [0.4, 0.5) is 14.9 Å². The van der Waals surface area contributed by atoms with Crippen LogP contribution in [-0.2, 0) is 0 Å². The molecule has 5 nitrogen and oxygen atoms in total. The van der Waals surface area contributed by atoms with Crippen LogP contribution in [0.2, 0.25) is 5.02 Å². The number of hydrogen-bond acceptors (Lipinski definition) is 3. The number of carbonyl (C=O) groups excluding carboxylic acids is 1. The van der Waals surface area contributed by atoms with Gasteiger partial charge in [0.25, 0.3) is 0 Å². The molecule has 138 valence electrons. The maximum absolute atomic E-state index is 14.1. The van der Waals surface area contributed by atoms with Crippen LogP contribution in [-0.4, -0.2) is 31.7 Å². The summed E-state index contributed by atoms with van der Waals surface area (Å²) in [5.41, 5.74) is 0.928. The Morgan fingerprint density at radius 3 is 2.81 bits per heavy atom. The first kappa shape index (κ1) is 18.3.